The Kier molecular flexibility index (Phi) is 7.43. The van der Waals surface area contributed by atoms with Crippen LogP contribution in [0.5, 0.6) is 11.5 Å². The number of carboxylic acid groups (broad SMARTS) is 1. The monoisotopic (exact) mass is 398 g/mol. The molecule has 8 heteroatoms. The molecule has 0 aromatic heterocycles. The second kappa shape index (κ2) is 9.99. The summed E-state index contributed by atoms with van der Waals surface area (Å²) in [5, 5.41) is 21.1. The predicted molar refractivity (Wildman–Crippen MR) is 105 cm³/mol. The van der Waals surface area contributed by atoms with E-state index in [4.69, 9.17) is 24.6 Å². The van der Waals surface area contributed by atoms with Crippen LogP contribution in [0.15, 0.2) is 36.4 Å². The molecule has 29 heavy (non-hydrogen) atoms. The van der Waals surface area contributed by atoms with Crippen molar-refractivity contribution in [1.82, 2.24) is 0 Å². The van der Waals surface area contributed by atoms with E-state index in [0.29, 0.717) is 33.9 Å². The van der Waals surface area contributed by atoms with Gasteiger partial charge < -0.3 is 24.6 Å². The zero-order chi connectivity index (χ0) is 21.4. The maximum atomic E-state index is 12.6. The lowest BCUT2D eigenvalue weighted by atomic mass is 9.95. The van der Waals surface area contributed by atoms with Gasteiger partial charge >= 0.3 is 11.9 Å². The SMILES string of the molecule is COC(=O)C(Nc1ccc(C#N)cc1)c1cc(OC)c(OC)cc1CCC(=O)O. The van der Waals surface area contributed by atoms with Crippen LogP contribution < -0.4 is 14.8 Å². The number of nitriles is 1. The molecular weight excluding hydrogens is 376 g/mol. The third-order valence-electron chi connectivity index (χ3n) is 4.33. The summed E-state index contributed by atoms with van der Waals surface area (Å²) in [6.07, 6.45) is 0.0702. The number of hydrogen-bond donors (Lipinski definition) is 2. The van der Waals surface area contributed by atoms with Gasteiger partial charge in [-0.25, -0.2) is 4.79 Å². The first kappa shape index (κ1) is 21.6. The molecule has 8 nitrogen and oxygen atoms in total. The largest absolute Gasteiger partial charge is 0.493 e. The van der Waals surface area contributed by atoms with E-state index in [1.165, 1.54) is 21.3 Å². The molecular formula is C21H22N2O6. The van der Waals surface area contributed by atoms with Crippen LogP contribution in [-0.4, -0.2) is 38.4 Å². The molecule has 2 N–H and O–H groups in total. The number of carboxylic acids is 1. The van der Waals surface area contributed by atoms with Crippen LogP contribution in [0.4, 0.5) is 5.69 Å². The number of nitrogens with one attached hydrogen (secondary N) is 1. The Bertz CT molecular complexity index is 918. The lowest BCUT2D eigenvalue weighted by Crippen LogP contribution is -2.24. The molecule has 0 aliphatic heterocycles. The summed E-state index contributed by atoms with van der Waals surface area (Å²) in [4.78, 5) is 23.6. The highest BCUT2D eigenvalue weighted by Crippen LogP contribution is 2.35. The van der Waals surface area contributed by atoms with E-state index in [-0.39, 0.29) is 12.8 Å². The fourth-order valence-electron chi connectivity index (χ4n) is 2.85. The maximum absolute atomic E-state index is 12.6. The molecule has 0 radical (unpaired) electrons. The van der Waals surface area contributed by atoms with Crippen LogP contribution in [0, 0.1) is 11.3 Å². The van der Waals surface area contributed by atoms with Gasteiger partial charge in [0, 0.05) is 12.1 Å². The Morgan fingerprint density at radius 3 is 2.24 bits per heavy atom. The van der Waals surface area contributed by atoms with Crippen LogP contribution in [0.3, 0.4) is 0 Å². The Morgan fingerprint density at radius 2 is 1.72 bits per heavy atom. The quantitative estimate of drug-likeness (QED) is 0.619. The van der Waals surface area contributed by atoms with Gasteiger partial charge in [-0.3, -0.25) is 4.79 Å². The van der Waals surface area contributed by atoms with Crippen molar-refractivity contribution in [3.05, 3.63) is 53.1 Å². The van der Waals surface area contributed by atoms with Gasteiger partial charge in [-0.05, 0) is 53.9 Å². The summed E-state index contributed by atoms with van der Waals surface area (Å²) in [5.74, 6) is -0.686. The number of carbonyl (C=O) groups is 2. The number of aliphatic carboxylic acids is 1. The molecule has 152 valence electrons. The predicted octanol–water partition coefficient (Wildman–Crippen LogP) is 2.92. The van der Waals surface area contributed by atoms with Crippen molar-refractivity contribution in [2.24, 2.45) is 0 Å². The van der Waals surface area contributed by atoms with E-state index in [1.54, 1.807) is 36.4 Å². The number of rotatable bonds is 9. The molecule has 1 unspecified atom stereocenters. The zero-order valence-electron chi connectivity index (χ0n) is 16.4. The molecule has 2 rings (SSSR count). The van der Waals surface area contributed by atoms with Crippen LogP contribution in [0.25, 0.3) is 0 Å². The van der Waals surface area contributed by atoms with E-state index >= 15 is 0 Å². The topological polar surface area (TPSA) is 118 Å². The number of ether oxygens (including phenoxy) is 3. The minimum atomic E-state index is -0.958. The summed E-state index contributed by atoms with van der Waals surface area (Å²) < 4.78 is 15.6. The average Bonchev–Trinajstić information content (AvgIpc) is 2.75. The van der Waals surface area contributed by atoms with Gasteiger partial charge in [0.25, 0.3) is 0 Å². The van der Waals surface area contributed by atoms with Crippen molar-refractivity contribution < 1.29 is 28.9 Å². The van der Waals surface area contributed by atoms with Gasteiger partial charge in [0.15, 0.2) is 17.5 Å². The van der Waals surface area contributed by atoms with Gasteiger partial charge in [-0.2, -0.15) is 5.26 Å². The first-order chi connectivity index (χ1) is 13.9. The summed E-state index contributed by atoms with van der Waals surface area (Å²) in [7, 11) is 4.22. The van der Waals surface area contributed by atoms with Gasteiger partial charge in [0.2, 0.25) is 0 Å². The van der Waals surface area contributed by atoms with Gasteiger partial charge in [-0.15, -0.1) is 0 Å². The molecule has 1 atom stereocenters. The molecule has 0 amide bonds. The lowest BCUT2D eigenvalue weighted by molar-refractivity contribution is -0.141. The third kappa shape index (κ3) is 5.39. The highest BCUT2D eigenvalue weighted by atomic mass is 16.5. The molecule has 0 aliphatic carbocycles. The highest BCUT2D eigenvalue weighted by molar-refractivity contribution is 5.82. The summed E-state index contributed by atoms with van der Waals surface area (Å²) >= 11 is 0. The molecule has 0 saturated carbocycles. The van der Waals surface area contributed by atoms with Gasteiger partial charge in [0.05, 0.1) is 33.0 Å². The molecule has 0 heterocycles. The molecule has 2 aromatic rings. The number of anilines is 1. The van der Waals surface area contributed by atoms with Gasteiger partial charge in [-0.1, -0.05) is 0 Å². The smallest absolute Gasteiger partial charge is 0.333 e. The Hall–Kier alpha value is -3.73. The van der Waals surface area contributed by atoms with E-state index in [9.17, 15) is 9.59 Å². The summed E-state index contributed by atoms with van der Waals surface area (Å²) in [6, 6.07) is 11.0. The molecule has 0 aliphatic rings. The van der Waals surface area contributed by atoms with Crippen LogP contribution in [0.2, 0.25) is 0 Å². The fraction of sp³-hybridized carbons (Fsp3) is 0.286. The number of methoxy groups -OCH3 is 3. The zero-order valence-corrected chi connectivity index (χ0v) is 16.4. The number of aryl methyl sites for hydroxylation is 1. The first-order valence-corrected chi connectivity index (χ1v) is 8.74. The van der Waals surface area contributed by atoms with Crippen LogP contribution in [-0.2, 0) is 20.7 Å². The van der Waals surface area contributed by atoms with Crippen molar-refractivity contribution in [1.29, 1.82) is 5.26 Å². The fourth-order valence-corrected chi connectivity index (χ4v) is 2.85. The van der Waals surface area contributed by atoms with Gasteiger partial charge in [0.1, 0.15) is 0 Å². The van der Waals surface area contributed by atoms with E-state index in [1.807, 2.05) is 6.07 Å². The second-order valence-electron chi connectivity index (χ2n) is 6.09. The van der Waals surface area contributed by atoms with Crippen molar-refractivity contribution in [2.45, 2.75) is 18.9 Å². The van der Waals surface area contributed by atoms with E-state index in [2.05, 4.69) is 5.32 Å². The average molecular weight is 398 g/mol. The summed E-state index contributed by atoms with van der Waals surface area (Å²) in [5.41, 5.74) is 2.21. The molecule has 0 bridgehead atoms. The van der Waals surface area contributed by atoms with Crippen molar-refractivity contribution in [3.63, 3.8) is 0 Å². The highest BCUT2D eigenvalue weighted by Gasteiger charge is 2.26. The molecule has 0 fully saturated rings. The number of hydrogen-bond acceptors (Lipinski definition) is 7. The standard InChI is InChI=1S/C21H22N2O6/c1-27-17-10-14(6-9-19(24)25)16(11-18(17)28-2)20(21(26)29-3)23-15-7-4-13(12-22)5-8-15/h4-5,7-8,10-11,20,23H,6,9H2,1-3H3,(H,24,25). The first-order valence-electron chi connectivity index (χ1n) is 8.74. The number of benzene rings is 2. The number of nitrogens with zero attached hydrogens (tertiary/aromatic N) is 1. The van der Waals surface area contributed by atoms with Crippen molar-refractivity contribution in [3.8, 4) is 17.6 Å². The van der Waals surface area contributed by atoms with Crippen molar-refractivity contribution in [2.75, 3.05) is 26.6 Å². The maximum Gasteiger partial charge on any atom is 0.333 e. The van der Waals surface area contributed by atoms with Crippen molar-refractivity contribution >= 4 is 17.6 Å². The Balaban J connectivity index is 2.52. The minimum absolute atomic E-state index is 0.118. The molecule has 0 spiro atoms. The lowest BCUT2D eigenvalue weighted by Gasteiger charge is -2.22. The van der Waals surface area contributed by atoms with E-state index in [0.717, 1.165) is 0 Å². The summed E-state index contributed by atoms with van der Waals surface area (Å²) in [6.45, 7) is 0. The van der Waals surface area contributed by atoms with E-state index < -0.39 is 18.0 Å². The third-order valence-corrected chi connectivity index (χ3v) is 4.33. The van der Waals surface area contributed by atoms with Crippen LogP contribution >= 0.6 is 0 Å². The van der Waals surface area contributed by atoms with Crippen LogP contribution in [0.1, 0.15) is 29.2 Å². The Morgan fingerprint density at radius 1 is 1.10 bits per heavy atom. The number of carbonyl (C=O) groups excluding carboxylic acids is 1. The normalized spacial score (nSPS) is 11.1. The molecule has 2 aromatic carbocycles. The Labute approximate surface area is 168 Å². The minimum Gasteiger partial charge on any atom is -0.493 e. The second-order valence-corrected chi connectivity index (χ2v) is 6.09. The molecule has 0 saturated heterocycles. The number of esters is 1.